The standard InChI is InChI=1S/C35H42N8O3/c1-22(2)30(36-3)31(46)43-35(16-5-17-35)33-39-19-28(41-33)26-12-8-24(9-13-26)23-6-10-25(11-7-23)27-18-38-32(40-27)34(14-4-15-34)42-29(45)20-37-21-44/h6-13,18-19,21-22,30,36H,4-5,14-17,20H2,1-3H3,(H,37,44)(H,38,40)(H,39,41)(H,42,45)(H,43,46). The fraction of sp³-hybridized carbons (Fsp3) is 0.400. The lowest BCUT2D eigenvalue weighted by molar-refractivity contribution is -0.127. The number of hydrogen-bond acceptors (Lipinski definition) is 6. The van der Waals surface area contributed by atoms with Crippen LogP contribution in [0.5, 0.6) is 0 Å². The lowest BCUT2D eigenvalue weighted by atomic mass is 9.75. The average molecular weight is 623 g/mol. The molecule has 3 amide bonds. The zero-order chi connectivity index (χ0) is 32.3. The SMILES string of the molecule is CNC(C(=O)NC1(c2nc(-c3ccc(-c4ccc(-c5c[nH]c(C6(NC(=O)CNC=O)CCC6)n5)cc4)cc3)c[nH]2)CCC1)C(C)C. The van der Waals surface area contributed by atoms with Crippen molar-refractivity contribution in [3.63, 3.8) is 0 Å². The molecule has 1 unspecified atom stereocenters. The van der Waals surface area contributed by atoms with Crippen LogP contribution in [-0.2, 0) is 25.5 Å². The van der Waals surface area contributed by atoms with Crippen molar-refractivity contribution in [2.24, 2.45) is 5.92 Å². The zero-order valence-electron chi connectivity index (χ0n) is 26.6. The van der Waals surface area contributed by atoms with Gasteiger partial charge in [0.25, 0.3) is 0 Å². The van der Waals surface area contributed by atoms with Crippen LogP contribution in [0.3, 0.4) is 0 Å². The largest absolute Gasteiger partial charge is 0.350 e. The van der Waals surface area contributed by atoms with Crippen molar-refractivity contribution < 1.29 is 14.4 Å². The van der Waals surface area contributed by atoms with Crippen molar-refractivity contribution in [1.82, 2.24) is 41.2 Å². The molecule has 0 aliphatic heterocycles. The van der Waals surface area contributed by atoms with Crippen molar-refractivity contribution in [2.45, 2.75) is 69.5 Å². The first-order valence-corrected chi connectivity index (χ1v) is 16.1. The smallest absolute Gasteiger partial charge is 0.240 e. The molecule has 0 bridgehead atoms. The molecule has 1 atom stereocenters. The third-order valence-electron chi connectivity index (χ3n) is 9.52. The van der Waals surface area contributed by atoms with E-state index >= 15 is 0 Å². The molecule has 6 rings (SSSR count). The van der Waals surface area contributed by atoms with Crippen LogP contribution in [0, 0.1) is 5.92 Å². The van der Waals surface area contributed by atoms with Crippen molar-refractivity contribution >= 4 is 18.2 Å². The monoisotopic (exact) mass is 622 g/mol. The Bertz CT molecular complexity index is 1680. The highest BCUT2D eigenvalue weighted by Crippen LogP contribution is 2.42. The molecule has 2 aliphatic rings. The number of imidazole rings is 2. The minimum absolute atomic E-state index is 0.00852. The van der Waals surface area contributed by atoms with Crippen LogP contribution in [0.25, 0.3) is 33.6 Å². The van der Waals surface area contributed by atoms with Gasteiger partial charge >= 0.3 is 0 Å². The van der Waals surface area contributed by atoms with Gasteiger partial charge in [-0.05, 0) is 62.6 Å². The summed E-state index contributed by atoms with van der Waals surface area (Å²) in [6, 6.07) is 16.3. The highest BCUT2D eigenvalue weighted by atomic mass is 16.2. The van der Waals surface area contributed by atoms with Crippen LogP contribution in [0.4, 0.5) is 0 Å². The van der Waals surface area contributed by atoms with E-state index in [-0.39, 0.29) is 30.3 Å². The Morgan fingerprint density at radius 3 is 1.63 bits per heavy atom. The number of nitrogens with one attached hydrogen (secondary N) is 6. The van der Waals surface area contributed by atoms with Crippen LogP contribution in [0.2, 0.25) is 0 Å². The van der Waals surface area contributed by atoms with Crippen molar-refractivity contribution in [1.29, 1.82) is 0 Å². The Morgan fingerprint density at radius 2 is 1.24 bits per heavy atom. The predicted molar refractivity (Wildman–Crippen MR) is 176 cm³/mol. The highest BCUT2D eigenvalue weighted by Gasteiger charge is 2.44. The highest BCUT2D eigenvalue weighted by molar-refractivity contribution is 5.83. The van der Waals surface area contributed by atoms with Crippen LogP contribution >= 0.6 is 0 Å². The molecule has 2 fully saturated rings. The van der Waals surface area contributed by atoms with Gasteiger partial charge in [0.15, 0.2) is 0 Å². The summed E-state index contributed by atoms with van der Waals surface area (Å²) >= 11 is 0. The van der Waals surface area contributed by atoms with Gasteiger partial charge in [-0.25, -0.2) is 9.97 Å². The quantitative estimate of drug-likeness (QED) is 0.123. The number of amides is 3. The number of hydrogen-bond donors (Lipinski definition) is 6. The van der Waals surface area contributed by atoms with Crippen molar-refractivity contribution in [2.75, 3.05) is 13.6 Å². The van der Waals surface area contributed by atoms with Gasteiger partial charge in [-0.3, -0.25) is 14.4 Å². The third kappa shape index (κ3) is 6.06. The number of aromatic nitrogens is 4. The Hall–Kier alpha value is -4.77. The molecule has 11 heteroatoms. The molecule has 240 valence electrons. The second-order valence-corrected chi connectivity index (χ2v) is 12.8. The Morgan fingerprint density at radius 1 is 0.783 bits per heavy atom. The first-order valence-electron chi connectivity index (χ1n) is 16.1. The fourth-order valence-corrected chi connectivity index (χ4v) is 6.53. The molecule has 0 saturated heterocycles. The second kappa shape index (κ2) is 12.9. The number of carbonyl (C=O) groups excluding carboxylic acids is 3. The van der Waals surface area contributed by atoms with E-state index in [1.165, 1.54) is 0 Å². The summed E-state index contributed by atoms with van der Waals surface area (Å²) in [5, 5.41) is 11.9. The number of benzene rings is 2. The number of carbonyl (C=O) groups is 3. The molecule has 46 heavy (non-hydrogen) atoms. The summed E-state index contributed by atoms with van der Waals surface area (Å²) in [6.07, 6.45) is 9.70. The maximum atomic E-state index is 13.0. The van der Waals surface area contributed by atoms with E-state index in [4.69, 9.17) is 9.97 Å². The Kier molecular flexibility index (Phi) is 8.77. The molecule has 6 N–H and O–H groups in total. The molecule has 4 aromatic rings. The molecule has 2 aromatic carbocycles. The normalized spacial score (nSPS) is 17.0. The second-order valence-electron chi connectivity index (χ2n) is 12.8. The summed E-state index contributed by atoms with van der Waals surface area (Å²) in [4.78, 5) is 52.2. The molecule has 2 aromatic heterocycles. The maximum Gasteiger partial charge on any atom is 0.240 e. The number of H-pyrrole nitrogens is 2. The minimum atomic E-state index is -0.521. The maximum absolute atomic E-state index is 13.0. The van der Waals surface area contributed by atoms with Gasteiger partial charge < -0.3 is 31.2 Å². The lowest BCUT2D eigenvalue weighted by Crippen LogP contribution is -2.57. The molecule has 0 spiro atoms. The minimum Gasteiger partial charge on any atom is -0.350 e. The molecule has 2 saturated carbocycles. The molecular weight excluding hydrogens is 580 g/mol. The number of rotatable bonds is 13. The number of nitrogens with zero attached hydrogens (tertiary/aromatic N) is 2. The van der Waals surface area contributed by atoms with Crippen molar-refractivity contribution in [3.05, 3.63) is 72.6 Å². The fourth-order valence-electron chi connectivity index (χ4n) is 6.53. The summed E-state index contributed by atoms with van der Waals surface area (Å²) in [5.74, 6) is 1.50. The lowest BCUT2D eigenvalue weighted by Gasteiger charge is -2.42. The van der Waals surface area contributed by atoms with E-state index < -0.39 is 11.1 Å². The molecular formula is C35H42N8O3. The van der Waals surface area contributed by atoms with Gasteiger partial charge in [-0.15, -0.1) is 0 Å². The van der Waals surface area contributed by atoms with E-state index in [2.05, 4.69) is 67.6 Å². The average Bonchev–Trinajstić information content (AvgIpc) is 3.72. The number of likely N-dealkylation sites (N-methyl/N-ethyl adjacent to an activating group) is 1. The first kappa shape index (κ1) is 31.2. The van der Waals surface area contributed by atoms with Crippen LogP contribution in [0.1, 0.15) is 64.0 Å². The summed E-state index contributed by atoms with van der Waals surface area (Å²) in [6.45, 7) is 4.03. The first-order chi connectivity index (χ1) is 22.3. The van der Waals surface area contributed by atoms with Gasteiger partial charge in [0.2, 0.25) is 18.2 Å². The van der Waals surface area contributed by atoms with Gasteiger partial charge in [-0.2, -0.15) is 0 Å². The van der Waals surface area contributed by atoms with Crippen LogP contribution < -0.4 is 21.3 Å². The molecule has 2 aliphatic carbocycles. The summed E-state index contributed by atoms with van der Waals surface area (Å²) in [7, 11) is 1.82. The van der Waals surface area contributed by atoms with E-state index in [1.54, 1.807) is 0 Å². The summed E-state index contributed by atoms with van der Waals surface area (Å²) < 4.78 is 0. The Labute approximate surface area is 268 Å². The van der Waals surface area contributed by atoms with Gasteiger partial charge in [-0.1, -0.05) is 62.4 Å². The van der Waals surface area contributed by atoms with Crippen molar-refractivity contribution in [3.8, 4) is 33.6 Å². The van der Waals surface area contributed by atoms with E-state index in [9.17, 15) is 14.4 Å². The zero-order valence-corrected chi connectivity index (χ0v) is 26.6. The topological polar surface area (TPSA) is 157 Å². The van der Waals surface area contributed by atoms with Crippen LogP contribution in [-0.4, -0.2) is 57.8 Å². The van der Waals surface area contributed by atoms with Gasteiger partial charge in [0, 0.05) is 23.5 Å². The third-order valence-corrected chi connectivity index (χ3v) is 9.52. The van der Waals surface area contributed by atoms with Crippen LogP contribution in [0.15, 0.2) is 60.9 Å². The molecule has 11 nitrogen and oxygen atoms in total. The number of aromatic amines is 2. The Balaban J connectivity index is 1.12. The van der Waals surface area contributed by atoms with E-state index in [1.807, 2.05) is 45.4 Å². The van der Waals surface area contributed by atoms with E-state index in [0.717, 1.165) is 83.8 Å². The molecule has 2 heterocycles. The summed E-state index contributed by atoms with van der Waals surface area (Å²) in [5.41, 5.74) is 4.83. The predicted octanol–water partition coefficient (Wildman–Crippen LogP) is 4.11. The van der Waals surface area contributed by atoms with Gasteiger partial charge in [0.1, 0.15) is 11.6 Å². The van der Waals surface area contributed by atoms with Gasteiger partial charge in [0.05, 0.1) is 35.1 Å². The molecule has 0 radical (unpaired) electrons. The van der Waals surface area contributed by atoms with E-state index in [0.29, 0.717) is 6.41 Å².